The molecule has 0 bridgehead atoms. The van der Waals surface area contributed by atoms with Crippen molar-refractivity contribution in [1.82, 2.24) is 4.90 Å². The number of carbonyl (C=O) groups excluding carboxylic acids is 1. The van der Waals surface area contributed by atoms with Gasteiger partial charge in [-0.25, -0.2) is 8.42 Å². The molecule has 0 unspecified atom stereocenters. The number of rotatable bonds is 8. The van der Waals surface area contributed by atoms with Crippen molar-refractivity contribution < 1.29 is 27.4 Å². The first-order chi connectivity index (χ1) is 15.3. The fourth-order valence-corrected chi connectivity index (χ4v) is 5.08. The van der Waals surface area contributed by atoms with Crippen LogP contribution in [0.15, 0.2) is 47.4 Å². The molecule has 0 N–H and O–H groups in total. The van der Waals surface area contributed by atoms with E-state index in [0.717, 1.165) is 17.1 Å². The lowest BCUT2D eigenvalue weighted by molar-refractivity contribution is -0.130. The van der Waals surface area contributed by atoms with Gasteiger partial charge in [0.05, 0.1) is 31.9 Å². The van der Waals surface area contributed by atoms with Gasteiger partial charge in [0.2, 0.25) is 5.91 Å². The molecule has 1 fully saturated rings. The molecule has 0 aliphatic carbocycles. The molecule has 0 atom stereocenters. The van der Waals surface area contributed by atoms with E-state index >= 15 is 0 Å². The molecule has 1 amide bonds. The largest absolute Gasteiger partial charge is 0.497 e. The molecule has 3 rings (SSSR count). The highest BCUT2D eigenvalue weighted by Crippen LogP contribution is 2.32. The van der Waals surface area contributed by atoms with Gasteiger partial charge in [0.15, 0.2) is 11.5 Å². The molecule has 0 radical (unpaired) electrons. The summed E-state index contributed by atoms with van der Waals surface area (Å²) in [5.41, 5.74) is 0.374. The van der Waals surface area contributed by atoms with Crippen molar-refractivity contribution in [3.63, 3.8) is 0 Å². The summed E-state index contributed by atoms with van der Waals surface area (Å²) < 4.78 is 44.1. The SMILES string of the molecule is COc1ccc(N(CC(=O)N2CCC(C)CC2)S(=O)(=O)c2ccc(OC)c(OC)c2)cc1. The summed E-state index contributed by atoms with van der Waals surface area (Å²) >= 11 is 0. The van der Waals surface area contributed by atoms with Gasteiger partial charge in [-0.1, -0.05) is 6.92 Å². The zero-order valence-electron chi connectivity index (χ0n) is 18.9. The summed E-state index contributed by atoms with van der Waals surface area (Å²) in [4.78, 5) is 14.8. The number of ether oxygens (including phenoxy) is 3. The normalized spacial score (nSPS) is 14.7. The third kappa shape index (κ3) is 5.09. The van der Waals surface area contributed by atoms with E-state index < -0.39 is 10.0 Å². The second-order valence-electron chi connectivity index (χ2n) is 7.79. The van der Waals surface area contributed by atoms with Crippen LogP contribution < -0.4 is 18.5 Å². The summed E-state index contributed by atoms with van der Waals surface area (Å²) in [5.74, 6) is 1.64. The van der Waals surface area contributed by atoms with Crippen molar-refractivity contribution >= 4 is 21.6 Å². The van der Waals surface area contributed by atoms with Crippen molar-refractivity contribution in [2.75, 3.05) is 45.3 Å². The molecule has 1 aliphatic heterocycles. The van der Waals surface area contributed by atoms with Crippen LogP contribution in [0.2, 0.25) is 0 Å². The van der Waals surface area contributed by atoms with Gasteiger partial charge in [0.25, 0.3) is 10.0 Å². The first-order valence-electron chi connectivity index (χ1n) is 10.5. The molecule has 9 heteroatoms. The fourth-order valence-electron chi connectivity index (χ4n) is 3.65. The lowest BCUT2D eigenvalue weighted by Crippen LogP contribution is -2.45. The number of hydrogen-bond donors (Lipinski definition) is 0. The molecule has 2 aromatic carbocycles. The van der Waals surface area contributed by atoms with Crippen molar-refractivity contribution in [2.24, 2.45) is 5.92 Å². The average Bonchev–Trinajstić information content (AvgIpc) is 2.82. The minimum Gasteiger partial charge on any atom is -0.497 e. The molecule has 1 saturated heterocycles. The van der Waals surface area contributed by atoms with E-state index in [1.807, 2.05) is 0 Å². The number of amides is 1. The monoisotopic (exact) mass is 462 g/mol. The van der Waals surface area contributed by atoms with Crippen LogP contribution in [0.1, 0.15) is 19.8 Å². The van der Waals surface area contributed by atoms with Crippen LogP contribution in [0.4, 0.5) is 5.69 Å². The molecular weight excluding hydrogens is 432 g/mol. The standard InChI is InChI=1S/C23H30N2O6S/c1-17-11-13-24(14-12-17)23(26)16-25(18-5-7-19(29-2)8-6-18)32(27,28)20-9-10-21(30-3)22(15-20)31-4/h5-10,15,17H,11-14,16H2,1-4H3. The Morgan fingerprint density at radius 1 is 0.969 bits per heavy atom. The highest BCUT2D eigenvalue weighted by Gasteiger charge is 2.31. The second kappa shape index (κ2) is 10.1. The van der Waals surface area contributed by atoms with E-state index in [1.165, 1.54) is 39.5 Å². The minimum atomic E-state index is -4.07. The Morgan fingerprint density at radius 2 is 1.59 bits per heavy atom. The first-order valence-corrected chi connectivity index (χ1v) is 11.9. The van der Waals surface area contributed by atoms with Crippen LogP contribution in [0.5, 0.6) is 17.2 Å². The van der Waals surface area contributed by atoms with Gasteiger partial charge >= 0.3 is 0 Å². The molecule has 0 spiro atoms. The molecule has 1 aliphatic rings. The Balaban J connectivity index is 1.98. The Bertz CT molecular complexity index is 1030. The highest BCUT2D eigenvalue weighted by molar-refractivity contribution is 7.92. The number of carbonyl (C=O) groups is 1. The van der Waals surface area contributed by atoms with Gasteiger partial charge in [-0.3, -0.25) is 9.10 Å². The summed E-state index contributed by atoms with van der Waals surface area (Å²) in [6.07, 6.45) is 1.83. The molecule has 174 valence electrons. The van der Waals surface area contributed by atoms with Crippen LogP contribution in [0.25, 0.3) is 0 Å². The molecule has 2 aromatic rings. The van der Waals surface area contributed by atoms with Gasteiger partial charge in [-0.15, -0.1) is 0 Å². The van der Waals surface area contributed by atoms with Gasteiger partial charge in [-0.2, -0.15) is 0 Å². The van der Waals surface area contributed by atoms with E-state index in [0.29, 0.717) is 41.9 Å². The maximum Gasteiger partial charge on any atom is 0.264 e. The van der Waals surface area contributed by atoms with Crippen molar-refractivity contribution in [3.05, 3.63) is 42.5 Å². The Hall–Kier alpha value is -2.94. The first kappa shape index (κ1) is 23.7. The van der Waals surface area contributed by atoms with E-state index in [4.69, 9.17) is 14.2 Å². The zero-order chi connectivity index (χ0) is 23.3. The number of benzene rings is 2. The fraction of sp³-hybridized carbons (Fsp3) is 0.435. The Labute approximate surface area is 189 Å². The highest BCUT2D eigenvalue weighted by atomic mass is 32.2. The maximum absolute atomic E-state index is 13.7. The summed E-state index contributed by atoms with van der Waals surface area (Å²) in [7, 11) is 0.390. The molecule has 0 saturated carbocycles. The number of hydrogen-bond acceptors (Lipinski definition) is 6. The third-order valence-electron chi connectivity index (χ3n) is 5.72. The summed E-state index contributed by atoms with van der Waals surface area (Å²) in [6, 6.07) is 11.0. The second-order valence-corrected chi connectivity index (χ2v) is 9.65. The maximum atomic E-state index is 13.7. The van der Waals surface area contributed by atoms with E-state index in [-0.39, 0.29) is 17.3 Å². The zero-order valence-corrected chi connectivity index (χ0v) is 19.7. The lowest BCUT2D eigenvalue weighted by atomic mass is 9.99. The number of methoxy groups -OCH3 is 3. The summed E-state index contributed by atoms with van der Waals surface area (Å²) in [5, 5.41) is 0. The molecule has 8 nitrogen and oxygen atoms in total. The van der Waals surface area contributed by atoms with Crippen LogP contribution in [0.3, 0.4) is 0 Å². The predicted octanol–water partition coefficient (Wildman–Crippen LogP) is 3.17. The van der Waals surface area contributed by atoms with Gasteiger partial charge < -0.3 is 19.1 Å². The summed E-state index contributed by atoms with van der Waals surface area (Å²) in [6.45, 7) is 3.13. The lowest BCUT2D eigenvalue weighted by Gasteiger charge is -2.32. The third-order valence-corrected chi connectivity index (χ3v) is 7.49. The predicted molar refractivity (Wildman–Crippen MR) is 122 cm³/mol. The topological polar surface area (TPSA) is 85.4 Å². The van der Waals surface area contributed by atoms with Crippen molar-refractivity contribution in [1.29, 1.82) is 0 Å². The Kier molecular flexibility index (Phi) is 7.50. The van der Waals surface area contributed by atoms with Crippen molar-refractivity contribution in [2.45, 2.75) is 24.7 Å². The Morgan fingerprint density at radius 3 is 2.16 bits per heavy atom. The molecule has 0 aromatic heterocycles. The van der Waals surface area contributed by atoms with E-state index in [9.17, 15) is 13.2 Å². The van der Waals surface area contributed by atoms with Crippen LogP contribution in [-0.2, 0) is 14.8 Å². The number of likely N-dealkylation sites (tertiary alicyclic amines) is 1. The van der Waals surface area contributed by atoms with E-state index in [2.05, 4.69) is 6.92 Å². The smallest absolute Gasteiger partial charge is 0.264 e. The van der Waals surface area contributed by atoms with Crippen LogP contribution in [-0.4, -0.2) is 60.2 Å². The van der Waals surface area contributed by atoms with Crippen LogP contribution >= 0.6 is 0 Å². The number of anilines is 1. The minimum absolute atomic E-state index is 0.00559. The van der Waals surface area contributed by atoms with Crippen molar-refractivity contribution in [3.8, 4) is 17.2 Å². The van der Waals surface area contributed by atoms with Crippen LogP contribution in [0, 0.1) is 5.92 Å². The quantitative estimate of drug-likeness (QED) is 0.599. The molecule has 32 heavy (non-hydrogen) atoms. The molecule has 1 heterocycles. The number of nitrogens with zero attached hydrogens (tertiary/aromatic N) is 2. The average molecular weight is 463 g/mol. The van der Waals surface area contributed by atoms with Gasteiger partial charge in [-0.05, 0) is 55.2 Å². The molecular formula is C23H30N2O6S. The number of piperidine rings is 1. The van der Waals surface area contributed by atoms with Gasteiger partial charge in [0.1, 0.15) is 12.3 Å². The van der Waals surface area contributed by atoms with E-state index in [1.54, 1.807) is 29.2 Å². The van der Waals surface area contributed by atoms with Gasteiger partial charge in [0, 0.05) is 19.2 Å². The number of sulfonamides is 1.